The molecule has 0 bridgehead atoms. The molecule has 6 heteroatoms. The number of hydrogen-bond donors (Lipinski definition) is 1. The minimum absolute atomic E-state index is 0.169. The van der Waals surface area contributed by atoms with Crippen LogP contribution >= 0.6 is 0 Å². The van der Waals surface area contributed by atoms with Crippen LogP contribution in [0.15, 0.2) is 54.6 Å². The van der Waals surface area contributed by atoms with Gasteiger partial charge in [-0.3, -0.25) is 19.4 Å². The Kier molecular flexibility index (Phi) is 6.55. The molecule has 0 spiro atoms. The molecule has 2 aromatic carbocycles. The van der Waals surface area contributed by atoms with Gasteiger partial charge in [-0.15, -0.1) is 0 Å². The van der Waals surface area contributed by atoms with E-state index in [1.165, 1.54) is 4.90 Å². The Morgan fingerprint density at radius 2 is 1.67 bits per heavy atom. The number of imide groups is 1. The van der Waals surface area contributed by atoms with E-state index in [1.807, 2.05) is 61.5 Å². The predicted octanol–water partition coefficient (Wildman–Crippen LogP) is 4.06. The van der Waals surface area contributed by atoms with Crippen LogP contribution < -0.4 is 10.2 Å². The summed E-state index contributed by atoms with van der Waals surface area (Å²) in [4.78, 5) is 40.9. The number of benzene rings is 2. The lowest BCUT2D eigenvalue weighted by Crippen LogP contribution is -2.42. The van der Waals surface area contributed by atoms with Gasteiger partial charge in [0.25, 0.3) is 5.91 Å². The number of hydrogen-bond acceptors (Lipinski definition) is 3. The molecule has 1 saturated heterocycles. The fourth-order valence-corrected chi connectivity index (χ4v) is 3.73. The Hall–Kier alpha value is -3.15. The average Bonchev–Trinajstić information content (AvgIpc) is 2.92. The molecule has 2 aromatic rings. The molecule has 1 heterocycles. The molecule has 1 aliphatic heterocycles. The third kappa shape index (κ3) is 4.70. The van der Waals surface area contributed by atoms with Crippen molar-refractivity contribution in [2.24, 2.45) is 5.92 Å². The monoisotopic (exact) mass is 407 g/mol. The molecule has 4 amide bonds. The van der Waals surface area contributed by atoms with Crippen molar-refractivity contribution in [1.29, 1.82) is 0 Å². The van der Waals surface area contributed by atoms with Crippen molar-refractivity contribution in [3.63, 3.8) is 0 Å². The van der Waals surface area contributed by atoms with E-state index in [-0.39, 0.29) is 24.4 Å². The zero-order valence-corrected chi connectivity index (χ0v) is 18.0. The van der Waals surface area contributed by atoms with Crippen LogP contribution in [0.4, 0.5) is 10.5 Å². The summed E-state index contributed by atoms with van der Waals surface area (Å²) in [6.45, 7) is 7.55. The molecule has 6 nitrogen and oxygen atoms in total. The minimum Gasteiger partial charge on any atom is -0.348 e. The normalized spacial score (nSPS) is 17.6. The standard InChI is InChI=1S/C24H29N3O3/c1-16(2)14-21(19-8-6-5-7-9-19)25-22(28)15-26-23(29)18(4)27(24(26)30)20-12-10-17(3)11-13-20/h5-13,16,18,21H,14-15H2,1-4H3,(H,25,28)/t18-,21+/m0/s1. The van der Waals surface area contributed by atoms with E-state index in [9.17, 15) is 14.4 Å². The van der Waals surface area contributed by atoms with E-state index in [1.54, 1.807) is 6.92 Å². The fraction of sp³-hybridized carbons (Fsp3) is 0.375. The second-order valence-electron chi connectivity index (χ2n) is 8.25. The molecule has 0 radical (unpaired) electrons. The summed E-state index contributed by atoms with van der Waals surface area (Å²) >= 11 is 0. The topological polar surface area (TPSA) is 69.7 Å². The number of anilines is 1. The summed E-state index contributed by atoms with van der Waals surface area (Å²) in [6.07, 6.45) is 0.767. The Bertz CT molecular complexity index is 909. The molecular weight excluding hydrogens is 378 g/mol. The van der Waals surface area contributed by atoms with Gasteiger partial charge in [-0.1, -0.05) is 61.9 Å². The van der Waals surface area contributed by atoms with Crippen LogP contribution in [0.3, 0.4) is 0 Å². The Morgan fingerprint density at radius 1 is 1.03 bits per heavy atom. The van der Waals surface area contributed by atoms with Gasteiger partial charge < -0.3 is 5.32 Å². The predicted molar refractivity (Wildman–Crippen MR) is 117 cm³/mol. The largest absolute Gasteiger partial charge is 0.348 e. The quantitative estimate of drug-likeness (QED) is 0.704. The highest BCUT2D eigenvalue weighted by Crippen LogP contribution is 2.26. The first-order chi connectivity index (χ1) is 14.3. The SMILES string of the molecule is Cc1ccc(N2C(=O)N(CC(=O)N[C@H](CC(C)C)c3ccccc3)C(=O)[C@@H]2C)cc1. The highest BCUT2D eigenvalue weighted by molar-refractivity contribution is 6.15. The molecule has 1 N–H and O–H groups in total. The molecule has 0 saturated carbocycles. The molecule has 158 valence electrons. The van der Waals surface area contributed by atoms with Crippen molar-refractivity contribution < 1.29 is 14.4 Å². The number of rotatable bonds is 7. The van der Waals surface area contributed by atoms with Crippen LogP contribution in [-0.2, 0) is 9.59 Å². The molecule has 2 atom stereocenters. The Labute approximate surface area is 177 Å². The van der Waals surface area contributed by atoms with Gasteiger partial charge in [-0.05, 0) is 43.9 Å². The highest BCUT2D eigenvalue weighted by atomic mass is 16.2. The van der Waals surface area contributed by atoms with Crippen LogP contribution in [0.1, 0.15) is 44.4 Å². The summed E-state index contributed by atoms with van der Waals surface area (Å²) < 4.78 is 0. The number of nitrogens with zero attached hydrogens (tertiary/aromatic N) is 2. The number of carbonyl (C=O) groups excluding carboxylic acids is 3. The van der Waals surface area contributed by atoms with Crippen molar-refractivity contribution in [2.45, 2.75) is 46.2 Å². The lowest BCUT2D eigenvalue weighted by molar-refractivity contribution is -0.132. The van der Waals surface area contributed by atoms with Crippen LogP contribution in [0.25, 0.3) is 0 Å². The molecule has 0 aromatic heterocycles. The third-order valence-electron chi connectivity index (χ3n) is 5.31. The van der Waals surface area contributed by atoms with E-state index in [0.717, 1.165) is 22.4 Å². The number of aryl methyl sites for hydroxylation is 1. The maximum Gasteiger partial charge on any atom is 0.332 e. The van der Waals surface area contributed by atoms with Gasteiger partial charge >= 0.3 is 6.03 Å². The van der Waals surface area contributed by atoms with Gasteiger partial charge in [0.2, 0.25) is 5.91 Å². The molecule has 1 fully saturated rings. The van der Waals surface area contributed by atoms with Crippen molar-refractivity contribution >= 4 is 23.5 Å². The second-order valence-corrected chi connectivity index (χ2v) is 8.25. The molecule has 0 aliphatic carbocycles. The summed E-state index contributed by atoms with van der Waals surface area (Å²) in [5.74, 6) is -0.331. The molecular formula is C24H29N3O3. The summed E-state index contributed by atoms with van der Waals surface area (Å²) in [6, 6.07) is 15.9. The average molecular weight is 408 g/mol. The first-order valence-corrected chi connectivity index (χ1v) is 10.3. The maximum absolute atomic E-state index is 12.9. The number of carbonyl (C=O) groups is 3. The van der Waals surface area contributed by atoms with E-state index >= 15 is 0 Å². The molecule has 3 rings (SSSR count). The zero-order valence-electron chi connectivity index (χ0n) is 18.0. The zero-order chi connectivity index (χ0) is 21.8. The van der Waals surface area contributed by atoms with Gasteiger partial charge in [-0.2, -0.15) is 0 Å². The van der Waals surface area contributed by atoms with Crippen LogP contribution in [0, 0.1) is 12.8 Å². The number of urea groups is 1. The first-order valence-electron chi connectivity index (χ1n) is 10.3. The third-order valence-corrected chi connectivity index (χ3v) is 5.31. The van der Waals surface area contributed by atoms with Crippen molar-refractivity contribution in [3.05, 3.63) is 65.7 Å². The van der Waals surface area contributed by atoms with E-state index in [0.29, 0.717) is 11.6 Å². The highest BCUT2D eigenvalue weighted by Gasteiger charge is 2.44. The Balaban J connectivity index is 1.72. The van der Waals surface area contributed by atoms with Gasteiger partial charge in [0.05, 0.1) is 6.04 Å². The fourth-order valence-electron chi connectivity index (χ4n) is 3.73. The summed E-state index contributed by atoms with van der Waals surface area (Å²) in [5.41, 5.74) is 2.72. The van der Waals surface area contributed by atoms with Gasteiger partial charge in [-0.25, -0.2) is 4.79 Å². The number of nitrogens with one attached hydrogen (secondary N) is 1. The first kappa shape index (κ1) is 21.6. The van der Waals surface area contributed by atoms with Crippen molar-refractivity contribution in [3.8, 4) is 0 Å². The second kappa shape index (κ2) is 9.11. The maximum atomic E-state index is 12.9. The van der Waals surface area contributed by atoms with Gasteiger partial charge in [0.1, 0.15) is 12.6 Å². The van der Waals surface area contributed by atoms with Crippen molar-refractivity contribution in [1.82, 2.24) is 10.2 Å². The van der Waals surface area contributed by atoms with E-state index < -0.39 is 12.1 Å². The lowest BCUT2D eigenvalue weighted by Gasteiger charge is -2.23. The smallest absolute Gasteiger partial charge is 0.332 e. The summed E-state index contributed by atoms with van der Waals surface area (Å²) in [5, 5.41) is 3.01. The Morgan fingerprint density at radius 3 is 2.27 bits per heavy atom. The molecule has 30 heavy (non-hydrogen) atoms. The lowest BCUT2D eigenvalue weighted by atomic mass is 9.97. The van der Waals surface area contributed by atoms with Gasteiger partial charge in [0.15, 0.2) is 0 Å². The minimum atomic E-state index is -0.645. The van der Waals surface area contributed by atoms with Crippen molar-refractivity contribution in [2.75, 3.05) is 11.4 Å². The van der Waals surface area contributed by atoms with Crippen LogP contribution in [-0.4, -0.2) is 35.3 Å². The summed E-state index contributed by atoms with van der Waals surface area (Å²) in [7, 11) is 0. The van der Waals surface area contributed by atoms with Crippen LogP contribution in [0.2, 0.25) is 0 Å². The van der Waals surface area contributed by atoms with Gasteiger partial charge in [0, 0.05) is 5.69 Å². The van der Waals surface area contributed by atoms with Crippen LogP contribution in [0.5, 0.6) is 0 Å². The van der Waals surface area contributed by atoms with E-state index in [4.69, 9.17) is 0 Å². The molecule has 1 aliphatic rings. The molecule has 0 unspecified atom stereocenters. The number of amides is 4. The van der Waals surface area contributed by atoms with E-state index in [2.05, 4.69) is 19.2 Å².